The van der Waals surface area contributed by atoms with Gasteiger partial charge in [-0.3, -0.25) is 13.9 Å². The van der Waals surface area contributed by atoms with Crippen LogP contribution in [0.15, 0.2) is 36.4 Å². The first-order valence-corrected chi connectivity index (χ1v) is 14.1. The molecule has 0 unspecified atom stereocenters. The van der Waals surface area contributed by atoms with Crippen molar-refractivity contribution in [2.75, 3.05) is 17.1 Å². The first kappa shape index (κ1) is 29.5. The highest BCUT2D eigenvalue weighted by molar-refractivity contribution is 7.92. The van der Waals surface area contributed by atoms with E-state index in [-0.39, 0.29) is 39.2 Å². The van der Waals surface area contributed by atoms with Crippen LogP contribution in [-0.4, -0.2) is 50.0 Å². The molecule has 0 bridgehead atoms. The van der Waals surface area contributed by atoms with Gasteiger partial charge >= 0.3 is 0 Å². The standard InChI is InChI=1S/C23H27Cl4N3O4S/c1-5-14(2)28-23(32)15(3)29(12-16-8-6-7-9-17(16)24)22(31)13-30(35(4,33)34)21-11-19(26)18(25)10-20(21)27/h6-11,14-15H,5,12-13H2,1-4H3,(H,28,32)/t14-,15-/m0/s1. The fourth-order valence-corrected chi connectivity index (χ4v) is 4.90. The Kier molecular flexibility index (Phi) is 10.5. The van der Waals surface area contributed by atoms with Crippen molar-refractivity contribution in [3.05, 3.63) is 62.1 Å². The number of nitrogens with zero attached hydrogens (tertiary/aromatic N) is 2. The van der Waals surface area contributed by atoms with Gasteiger partial charge in [0.25, 0.3) is 0 Å². The maximum absolute atomic E-state index is 13.5. The summed E-state index contributed by atoms with van der Waals surface area (Å²) in [5.74, 6) is -1.01. The lowest BCUT2D eigenvalue weighted by atomic mass is 10.1. The van der Waals surface area contributed by atoms with E-state index in [9.17, 15) is 18.0 Å². The van der Waals surface area contributed by atoms with E-state index in [1.54, 1.807) is 31.2 Å². The second kappa shape index (κ2) is 12.5. The largest absolute Gasteiger partial charge is 0.352 e. The molecule has 2 aromatic rings. The van der Waals surface area contributed by atoms with E-state index in [2.05, 4.69) is 5.32 Å². The molecule has 0 heterocycles. The molecule has 192 valence electrons. The summed E-state index contributed by atoms with van der Waals surface area (Å²) in [6.07, 6.45) is 1.64. The van der Waals surface area contributed by atoms with Crippen LogP contribution >= 0.6 is 46.4 Å². The van der Waals surface area contributed by atoms with E-state index in [1.165, 1.54) is 17.0 Å². The first-order chi connectivity index (χ1) is 16.3. The summed E-state index contributed by atoms with van der Waals surface area (Å²) in [5.41, 5.74) is 0.593. The molecular formula is C23H27Cl4N3O4S. The van der Waals surface area contributed by atoms with Crippen LogP contribution in [0.3, 0.4) is 0 Å². The molecule has 0 aliphatic rings. The van der Waals surface area contributed by atoms with Crippen molar-refractivity contribution in [2.45, 2.75) is 45.8 Å². The van der Waals surface area contributed by atoms with E-state index in [0.717, 1.165) is 10.6 Å². The minimum atomic E-state index is -3.98. The lowest BCUT2D eigenvalue weighted by Crippen LogP contribution is -2.52. The highest BCUT2D eigenvalue weighted by Crippen LogP contribution is 2.35. The SMILES string of the molecule is CC[C@H](C)NC(=O)[C@H](C)N(Cc1ccccc1Cl)C(=O)CN(c1cc(Cl)c(Cl)cc1Cl)S(C)(=O)=O. The smallest absolute Gasteiger partial charge is 0.244 e. The number of amides is 2. The third-order valence-electron chi connectivity index (χ3n) is 5.40. The lowest BCUT2D eigenvalue weighted by molar-refractivity contribution is -0.139. The van der Waals surface area contributed by atoms with Gasteiger partial charge in [-0.2, -0.15) is 0 Å². The highest BCUT2D eigenvalue weighted by atomic mass is 35.5. The van der Waals surface area contributed by atoms with Crippen molar-refractivity contribution in [1.82, 2.24) is 10.2 Å². The Morgan fingerprint density at radius 3 is 2.14 bits per heavy atom. The van der Waals surface area contributed by atoms with Gasteiger partial charge in [0.1, 0.15) is 12.6 Å². The van der Waals surface area contributed by atoms with Gasteiger partial charge in [0, 0.05) is 17.6 Å². The third kappa shape index (κ3) is 7.89. The summed E-state index contributed by atoms with van der Waals surface area (Å²) >= 11 is 24.6. The monoisotopic (exact) mass is 581 g/mol. The zero-order valence-corrected chi connectivity index (χ0v) is 23.5. The molecule has 2 aromatic carbocycles. The molecule has 0 radical (unpaired) electrons. The molecule has 7 nitrogen and oxygen atoms in total. The van der Waals surface area contributed by atoms with E-state index < -0.39 is 28.5 Å². The molecule has 0 saturated heterocycles. The second-order valence-electron chi connectivity index (χ2n) is 8.09. The fraction of sp³-hybridized carbons (Fsp3) is 0.391. The molecule has 2 atom stereocenters. The number of hydrogen-bond donors (Lipinski definition) is 1. The van der Waals surface area contributed by atoms with Gasteiger partial charge in [0.15, 0.2) is 0 Å². The van der Waals surface area contributed by atoms with Crippen LogP contribution in [0.1, 0.15) is 32.8 Å². The van der Waals surface area contributed by atoms with Crippen LogP contribution in [0, 0.1) is 0 Å². The van der Waals surface area contributed by atoms with Crippen molar-refractivity contribution in [2.24, 2.45) is 0 Å². The van der Waals surface area contributed by atoms with Crippen molar-refractivity contribution < 1.29 is 18.0 Å². The number of nitrogens with one attached hydrogen (secondary N) is 1. The number of carbonyl (C=O) groups is 2. The Bertz CT molecular complexity index is 1190. The van der Waals surface area contributed by atoms with Crippen LogP contribution in [0.2, 0.25) is 20.1 Å². The fourth-order valence-electron chi connectivity index (χ4n) is 3.16. The second-order valence-corrected chi connectivity index (χ2v) is 11.6. The van der Waals surface area contributed by atoms with Crippen molar-refractivity contribution in [1.29, 1.82) is 0 Å². The zero-order chi connectivity index (χ0) is 26.5. The number of anilines is 1. The summed E-state index contributed by atoms with van der Waals surface area (Å²) in [5, 5.41) is 3.47. The number of carbonyl (C=O) groups excluding carboxylic acids is 2. The Balaban J connectivity index is 2.47. The number of rotatable bonds is 10. The Labute approximate surface area is 226 Å². The average molecular weight is 583 g/mol. The predicted octanol–water partition coefficient (Wildman–Crippen LogP) is 5.40. The Hall–Kier alpha value is -1.71. The molecular weight excluding hydrogens is 556 g/mol. The number of sulfonamides is 1. The van der Waals surface area contributed by atoms with E-state index >= 15 is 0 Å². The highest BCUT2D eigenvalue weighted by Gasteiger charge is 2.31. The summed E-state index contributed by atoms with van der Waals surface area (Å²) in [7, 11) is -3.98. The van der Waals surface area contributed by atoms with Crippen molar-refractivity contribution in [3.8, 4) is 0 Å². The van der Waals surface area contributed by atoms with Crippen LogP contribution in [0.25, 0.3) is 0 Å². The summed E-state index contributed by atoms with van der Waals surface area (Å²) in [6.45, 7) is 4.71. The maximum atomic E-state index is 13.5. The normalized spacial score (nSPS) is 13.1. The average Bonchev–Trinajstić information content (AvgIpc) is 2.78. The van der Waals surface area contributed by atoms with Gasteiger partial charge in [0.2, 0.25) is 21.8 Å². The Morgan fingerprint density at radius 2 is 1.57 bits per heavy atom. The van der Waals surface area contributed by atoms with Gasteiger partial charge in [-0.05, 0) is 44.0 Å². The van der Waals surface area contributed by atoms with Gasteiger partial charge in [-0.1, -0.05) is 71.5 Å². The summed E-state index contributed by atoms with van der Waals surface area (Å²) < 4.78 is 26.2. The number of benzene rings is 2. The van der Waals surface area contributed by atoms with Gasteiger partial charge in [-0.25, -0.2) is 8.42 Å². The summed E-state index contributed by atoms with van der Waals surface area (Å²) in [4.78, 5) is 27.7. The van der Waals surface area contributed by atoms with Gasteiger partial charge < -0.3 is 10.2 Å². The van der Waals surface area contributed by atoms with E-state index in [1.807, 2.05) is 13.8 Å². The topological polar surface area (TPSA) is 86.8 Å². The molecule has 35 heavy (non-hydrogen) atoms. The van der Waals surface area contributed by atoms with Crippen LogP contribution in [0.4, 0.5) is 5.69 Å². The number of halogens is 4. The lowest BCUT2D eigenvalue weighted by Gasteiger charge is -2.32. The van der Waals surface area contributed by atoms with Gasteiger partial charge in [-0.15, -0.1) is 0 Å². The van der Waals surface area contributed by atoms with Crippen LogP contribution < -0.4 is 9.62 Å². The third-order valence-corrected chi connectivity index (χ3v) is 7.92. The molecule has 2 rings (SSSR count). The quantitative estimate of drug-likeness (QED) is 0.380. The molecule has 0 spiro atoms. The molecule has 0 fully saturated rings. The summed E-state index contributed by atoms with van der Waals surface area (Å²) in [6, 6.07) is 8.45. The molecule has 1 N–H and O–H groups in total. The van der Waals surface area contributed by atoms with E-state index in [4.69, 9.17) is 46.4 Å². The number of hydrogen-bond acceptors (Lipinski definition) is 4. The van der Waals surface area contributed by atoms with Gasteiger partial charge in [0.05, 0.1) is 27.0 Å². The minimum Gasteiger partial charge on any atom is -0.352 e. The minimum absolute atomic E-state index is 0.00200. The van der Waals surface area contributed by atoms with Crippen molar-refractivity contribution >= 4 is 73.9 Å². The molecule has 0 saturated carbocycles. The Morgan fingerprint density at radius 1 is 0.971 bits per heavy atom. The van der Waals surface area contributed by atoms with Crippen LogP contribution in [0.5, 0.6) is 0 Å². The van der Waals surface area contributed by atoms with E-state index in [0.29, 0.717) is 17.0 Å². The molecule has 0 aliphatic carbocycles. The van der Waals surface area contributed by atoms with Crippen molar-refractivity contribution in [3.63, 3.8) is 0 Å². The molecule has 12 heteroatoms. The van der Waals surface area contributed by atoms with Crippen LogP contribution in [-0.2, 0) is 26.2 Å². The maximum Gasteiger partial charge on any atom is 0.244 e. The zero-order valence-electron chi connectivity index (χ0n) is 19.7. The molecule has 0 aromatic heterocycles. The molecule has 2 amide bonds. The molecule has 0 aliphatic heterocycles. The first-order valence-electron chi connectivity index (χ1n) is 10.7. The predicted molar refractivity (Wildman–Crippen MR) is 143 cm³/mol.